The number of aromatic nitrogens is 3. The van der Waals surface area contributed by atoms with Crippen molar-refractivity contribution in [1.82, 2.24) is 15.0 Å². The van der Waals surface area contributed by atoms with Gasteiger partial charge in [0.1, 0.15) is 18.2 Å². The maximum Gasteiger partial charge on any atom is 0.163 e. The Kier molecular flexibility index (Phi) is 6.91. The lowest BCUT2D eigenvalue weighted by Gasteiger charge is -2.18. The van der Waals surface area contributed by atoms with E-state index in [4.69, 9.17) is 14.7 Å². The van der Waals surface area contributed by atoms with Gasteiger partial charge in [-0.15, -0.1) is 0 Å². The Bertz CT molecular complexity index is 1610. The number of pyridine rings is 1. The standard InChI is InChI=1S/C33H31N5O/c1-23(24-10-13-28(14-11-24)38-17-3-4-18-38)22-39-29-9-5-7-25(19-29)26-12-15-31-30(20-26)33(34-2)37-32(36-31)27-8-6-16-35-21-27/h5-16,19-21H,1,3-4,17-18,22H2,2H3,(H,34,36,37). The van der Waals surface area contributed by atoms with Gasteiger partial charge in [-0.25, -0.2) is 9.97 Å². The van der Waals surface area contributed by atoms with Crippen LogP contribution in [0.5, 0.6) is 5.75 Å². The molecule has 0 amide bonds. The van der Waals surface area contributed by atoms with E-state index in [1.807, 2.05) is 37.4 Å². The normalized spacial score (nSPS) is 13.0. The second-order valence-electron chi connectivity index (χ2n) is 9.78. The van der Waals surface area contributed by atoms with E-state index in [9.17, 15) is 0 Å². The zero-order valence-electron chi connectivity index (χ0n) is 22.1. The van der Waals surface area contributed by atoms with Gasteiger partial charge in [0.25, 0.3) is 0 Å². The molecule has 3 heterocycles. The molecular formula is C33H31N5O. The molecule has 6 nitrogen and oxygen atoms in total. The molecule has 5 aromatic rings. The van der Waals surface area contributed by atoms with Gasteiger partial charge >= 0.3 is 0 Å². The largest absolute Gasteiger partial charge is 0.489 e. The molecule has 6 heteroatoms. The zero-order valence-corrected chi connectivity index (χ0v) is 22.1. The predicted octanol–water partition coefficient (Wildman–Crippen LogP) is 7.09. The number of rotatable bonds is 8. The predicted molar refractivity (Wildman–Crippen MR) is 160 cm³/mol. The van der Waals surface area contributed by atoms with Crippen LogP contribution in [0.15, 0.2) is 97.8 Å². The molecule has 1 saturated heterocycles. The Morgan fingerprint density at radius 3 is 2.46 bits per heavy atom. The van der Waals surface area contributed by atoms with Crippen molar-refractivity contribution >= 4 is 28.0 Å². The minimum atomic E-state index is 0.430. The van der Waals surface area contributed by atoms with Crippen LogP contribution in [0, 0.1) is 0 Å². The first-order valence-corrected chi connectivity index (χ1v) is 13.3. The van der Waals surface area contributed by atoms with Crippen LogP contribution in [0.3, 0.4) is 0 Å². The van der Waals surface area contributed by atoms with Gasteiger partial charge in [-0.3, -0.25) is 4.98 Å². The summed E-state index contributed by atoms with van der Waals surface area (Å²) in [6.45, 7) is 6.99. The molecule has 3 aromatic carbocycles. The third kappa shape index (κ3) is 5.32. The summed E-state index contributed by atoms with van der Waals surface area (Å²) in [6.07, 6.45) is 6.07. The van der Waals surface area contributed by atoms with Crippen molar-refractivity contribution in [2.24, 2.45) is 0 Å². The topological polar surface area (TPSA) is 63.2 Å². The van der Waals surface area contributed by atoms with Crippen molar-refractivity contribution in [2.75, 3.05) is 37.0 Å². The third-order valence-electron chi connectivity index (χ3n) is 7.18. The lowest BCUT2D eigenvalue weighted by molar-refractivity contribution is 0.370. The summed E-state index contributed by atoms with van der Waals surface area (Å²) in [4.78, 5) is 16.2. The van der Waals surface area contributed by atoms with Crippen molar-refractivity contribution in [3.63, 3.8) is 0 Å². The van der Waals surface area contributed by atoms with E-state index in [2.05, 4.69) is 70.3 Å². The molecule has 0 unspecified atom stereocenters. The number of ether oxygens (including phenoxy) is 1. The van der Waals surface area contributed by atoms with E-state index in [-0.39, 0.29) is 0 Å². The molecule has 0 saturated carbocycles. The summed E-state index contributed by atoms with van der Waals surface area (Å²) >= 11 is 0. The molecule has 0 aliphatic carbocycles. The quantitative estimate of drug-likeness (QED) is 0.239. The molecule has 6 rings (SSSR count). The first-order valence-electron chi connectivity index (χ1n) is 13.3. The summed E-state index contributed by atoms with van der Waals surface area (Å²) in [7, 11) is 1.88. The average molecular weight is 514 g/mol. The number of nitrogens with zero attached hydrogens (tertiary/aromatic N) is 4. The molecule has 0 radical (unpaired) electrons. The van der Waals surface area contributed by atoms with Gasteiger partial charge in [-0.05, 0) is 83.6 Å². The molecule has 0 bridgehead atoms. The van der Waals surface area contributed by atoms with Crippen LogP contribution in [0.4, 0.5) is 11.5 Å². The monoisotopic (exact) mass is 513 g/mol. The molecule has 0 atom stereocenters. The van der Waals surface area contributed by atoms with Gasteiger partial charge in [-0.2, -0.15) is 0 Å². The van der Waals surface area contributed by atoms with Gasteiger partial charge in [0.05, 0.1) is 5.52 Å². The Morgan fingerprint density at radius 1 is 0.897 bits per heavy atom. The van der Waals surface area contributed by atoms with Crippen molar-refractivity contribution in [3.05, 3.63) is 103 Å². The third-order valence-corrected chi connectivity index (χ3v) is 7.18. The summed E-state index contributed by atoms with van der Waals surface area (Å²) in [6, 6.07) is 26.9. The van der Waals surface area contributed by atoms with Crippen LogP contribution in [-0.2, 0) is 0 Å². The fourth-order valence-electron chi connectivity index (χ4n) is 5.03. The van der Waals surface area contributed by atoms with Crippen molar-refractivity contribution in [3.8, 4) is 28.3 Å². The molecule has 0 spiro atoms. The van der Waals surface area contributed by atoms with Crippen LogP contribution in [0.1, 0.15) is 18.4 Å². The van der Waals surface area contributed by atoms with E-state index >= 15 is 0 Å². The second kappa shape index (κ2) is 11.0. The fraction of sp³-hybridized carbons (Fsp3) is 0.182. The molecule has 1 aliphatic rings. The number of fused-ring (bicyclic) bond motifs is 1. The van der Waals surface area contributed by atoms with E-state index in [1.165, 1.54) is 18.5 Å². The van der Waals surface area contributed by atoms with Crippen LogP contribution < -0.4 is 15.0 Å². The second-order valence-corrected chi connectivity index (χ2v) is 9.78. The summed E-state index contributed by atoms with van der Waals surface area (Å²) < 4.78 is 6.16. The summed E-state index contributed by atoms with van der Waals surface area (Å²) in [5.74, 6) is 2.23. The minimum absolute atomic E-state index is 0.430. The van der Waals surface area contributed by atoms with Gasteiger partial charge in [0, 0.05) is 49.2 Å². The first kappa shape index (κ1) is 24.6. The number of benzene rings is 3. The summed E-state index contributed by atoms with van der Waals surface area (Å²) in [5, 5.41) is 4.19. The minimum Gasteiger partial charge on any atom is -0.489 e. The highest BCUT2D eigenvalue weighted by Crippen LogP contribution is 2.31. The van der Waals surface area contributed by atoms with Crippen LogP contribution in [0.25, 0.3) is 39.0 Å². The van der Waals surface area contributed by atoms with Gasteiger partial charge in [-0.1, -0.05) is 36.9 Å². The van der Waals surface area contributed by atoms with Crippen molar-refractivity contribution in [2.45, 2.75) is 12.8 Å². The van der Waals surface area contributed by atoms with Crippen molar-refractivity contribution in [1.29, 1.82) is 0 Å². The molecular weight excluding hydrogens is 482 g/mol. The van der Waals surface area contributed by atoms with Gasteiger partial charge in [0.2, 0.25) is 0 Å². The Morgan fingerprint density at radius 2 is 1.69 bits per heavy atom. The Hall–Kier alpha value is -4.71. The van der Waals surface area contributed by atoms with Crippen molar-refractivity contribution < 1.29 is 4.74 Å². The fourth-order valence-corrected chi connectivity index (χ4v) is 5.03. The van der Waals surface area contributed by atoms with Crippen LogP contribution >= 0.6 is 0 Å². The SMILES string of the molecule is C=C(COc1cccc(-c2ccc3nc(-c4cccnc4)nc(NC)c3c2)c1)c1ccc(N2CCCC2)cc1. The van der Waals surface area contributed by atoms with Crippen LogP contribution in [0.2, 0.25) is 0 Å². The van der Waals surface area contributed by atoms with E-state index < -0.39 is 0 Å². The van der Waals surface area contributed by atoms with E-state index in [0.717, 1.165) is 63.4 Å². The van der Waals surface area contributed by atoms with Gasteiger partial charge < -0.3 is 15.0 Å². The maximum atomic E-state index is 6.16. The average Bonchev–Trinajstić information content (AvgIpc) is 3.55. The molecule has 39 heavy (non-hydrogen) atoms. The Balaban J connectivity index is 1.19. The maximum absolute atomic E-state index is 6.16. The first-order chi connectivity index (χ1) is 19.2. The molecule has 1 fully saturated rings. The zero-order chi connectivity index (χ0) is 26.6. The smallest absolute Gasteiger partial charge is 0.163 e. The molecule has 194 valence electrons. The molecule has 2 aromatic heterocycles. The molecule has 1 N–H and O–H groups in total. The Labute approximate surface area is 229 Å². The molecule has 1 aliphatic heterocycles. The lowest BCUT2D eigenvalue weighted by Crippen LogP contribution is -2.17. The summed E-state index contributed by atoms with van der Waals surface area (Å²) in [5.41, 5.74) is 7.23. The number of hydrogen-bond donors (Lipinski definition) is 1. The highest BCUT2D eigenvalue weighted by molar-refractivity contribution is 5.94. The lowest BCUT2D eigenvalue weighted by atomic mass is 10.0. The number of hydrogen-bond acceptors (Lipinski definition) is 6. The van der Waals surface area contributed by atoms with E-state index in [1.54, 1.807) is 12.4 Å². The van der Waals surface area contributed by atoms with E-state index in [0.29, 0.717) is 12.4 Å². The van der Waals surface area contributed by atoms with Gasteiger partial charge in [0.15, 0.2) is 5.82 Å². The van der Waals surface area contributed by atoms with Crippen LogP contribution in [-0.4, -0.2) is 41.7 Å². The number of nitrogens with one attached hydrogen (secondary N) is 1. The highest BCUT2D eigenvalue weighted by atomic mass is 16.5. The highest BCUT2D eigenvalue weighted by Gasteiger charge is 2.13. The number of anilines is 2.